The molecule has 1 saturated heterocycles. The monoisotopic (exact) mass is 208 g/mol. The number of phosphoric ester groups is 1. The van der Waals surface area contributed by atoms with E-state index in [9.17, 15) is 4.57 Å². The molecule has 0 aromatic heterocycles. The molecule has 0 saturated carbocycles. The summed E-state index contributed by atoms with van der Waals surface area (Å²) in [5.41, 5.74) is -0.0262. The van der Waals surface area contributed by atoms with E-state index in [4.69, 9.17) is 13.6 Å². The lowest BCUT2D eigenvalue weighted by Crippen LogP contribution is -2.17. The Labute approximate surface area is 79.2 Å². The second-order valence-corrected chi connectivity index (χ2v) is 5.97. The molecule has 5 heteroatoms. The molecule has 0 N–H and O–H groups in total. The van der Waals surface area contributed by atoms with Gasteiger partial charge in [-0.05, 0) is 11.8 Å². The summed E-state index contributed by atoms with van der Waals surface area (Å²) in [6.07, 6.45) is 0.781. The van der Waals surface area contributed by atoms with Crippen LogP contribution in [0.4, 0.5) is 0 Å². The van der Waals surface area contributed by atoms with Crippen LogP contribution >= 0.6 is 7.82 Å². The van der Waals surface area contributed by atoms with E-state index < -0.39 is 7.82 Å². The molecule has 4 nitrogen and oxygen atoms in total. The van der Waals surface area contributed by atoms with E-state index in [1.165, 1.54) is 0 Å². The molecule has 0 aromatic carbocycles. The minimum absolute atomic E-state index is 0.0262. The zero-order valence-corrected chi connectivity index (χ0v) is 9.30. The second kappa shape index (κ2) is 4.09. The molecule has 1 aliphatic heterocycles. The fourth-order valence-electron chi connectivity index (χ4n) is 0.796. The summed E-state index contributed by atoms with van der Waals surface area (Å²) < 4.78 is 26.7. The van der Waals surface area contributed by atoms with Crippen LogP contribution in [0.2, 0.25) is 0 Å². The quantitative estimate of drug-likeness (QED) is 0.654. The van der Waals surface area contributed by atoms with E-state index in [0.29, 0.717) is 19.8 Å². The third-order valence-corrected chi connectivity index (χ3v) is 2.89. The first-order valence-electron chi connectivity index (χ1n) is 4.45. The summed E-state index contributed by atoms with van der Waals surface area (Å²) >= 11 is 0. The van der Waals surface area contributed by atoms with Crippen molar-refractivity contribution in [1.29, 1.82) is 0 Å². The van der Waals surface area contributed by atoms with E-state index in [2.05, 4.69) is 0 Å². The first-order valence-corrected chi connectivity index (χ1v) is 5.91. The Balaban J connectivity index is 2.38. The molecule has 0 spiro atoms. The van der Waals surface area contributed by atoms with Crippen molar-refractivity contribution in [2.24, 2.45) is 5.41 Å². The molecule has 1 heterocycles. The van der Waals surface area contributed by atoms with Gasteiger partial charge in [-0.25, -0.2) is 4.57 Å². The summed E-state index contributed by atoms with van der Waals surface area (Å²) in [5.74, 6) is 0. The highest BCUT2D eigenvalue weighted by Gasteiger charge is 2.31. The summed E-state index contributed by atoms with van der Waals surface area (Å²) in [6, 6.07) is 0. The van der Waals surface area contributed by atoms with E-state index in [1.54, 1.807) is 0 Å². The van der Waals surface area contributed by atoms with Crippen LogP contribution in [-0.4, -0.2) is 19.8 Å². The highest BCUT2D eigenvalue weighted by molar-refractivity contribution is 7.48. The van der Waals surface area contributed by atoms with Crippen molar-refractivity contribution in [3.8, 4) is 0 Å². The van der Waals surface area contributed by atoms with Gasteiger partial charge in [-0.1, -0.05) is 20.8 Å². The van der Waals surface area contributed by atoms with Gasteiger partial charge in [-0.15, -0.1) is 0 Å². The predicted molar refractivity (Wildman–Crippen MR) is 49.5 cm³/mol. The summed E-state index contributed by atoms with van der Waals surface area (Å²) in [5, 5.41) is 0. The Kier molecular flexibility index (Phi) is 3.52. The molecule has 0 unspecified atom stereocenters. The molecular formula is C8H17O4P. The van der Waals surface area contributed by atoms with Crippen molar-refractivity contribution >= 4 is 7.82 Å². The first-order chi connectivity index (χ1) is 5.91. The highest BCUT2D eigenvalue weighted by atomic mass is 31.2. The Hall–Kier alpha value is 0.110. The molecule has 0 atom stereocenters. The number of hydrogen-bond acceptors (Lipinski definition) is 4. The van der Waals surface area contributed by atoms with Crippen LogP contribution in [0.5, 0.6) is 0 Å². The van der Waals surface area contributed by atoms with Gasteiger partial charge in [0.25, 0.3) is 0 Å². The number of phosphoric acid groups is 1. The van der Waals surface area contributed by atoms with Crippen molar-refractivity contribution in [2.45, 2.75) is 27.2 Å². The van der Waals surface area contributed by atoms with E-state index in [1.807, 2.05) is 20.8 Å². The van der Waals surface area contributed by atoms with Gasteiger partial charge in [0, 0.05) is 0 Å². The van der Waals surface area contributed by atoms with Crippen molar-refractivity contribution in [1.82, 2.24) is 0 Å². The predicted octanol–water partition coefficient (Wildman–Crippen LogP) is 2.59. The van der Waals surface area contributed by atoms with Gasteiger partial charge in [-0.2, -0.15) is 0 Å². The normalized spacial score (nSPS) is 23.0. The molecule has 1 rings (SSSR count). The van der Waals surface area contributed by atoms with Crippen LogP contribution in [0, 0.1) is 5.41 Å². The molecule has 13 heavy (non-hydrogen) atoms. The molecule has 0 aromatic rings. The lowest BCUT2D eigenvalue weighted by molar-refractivity contribution is 0.0560. The van der Waals surface area contributed by atoms with Crippen molar-refractivity contribution in [3.63, 3.8) is 0 Å². The van der Waals surface area contributed by atoms with Gasteiger partial charge in [0.2, 0.25) is 0 Å². The fourth-order valence-corrected chi connectivity index (χ4v) is 2.27. The van der Waals surface area contributed by atoms with E-state index >= 15 is 0 Å². The van der Waals surface area contributed by atoms with Crippen LogP contribution in [0.15, 0.2) is 0 Å². The summed E-state index contributed by atoms with van der Waals surface area (Å²) in [7, 11) is -3.21. The maximum absolute atomic E-state index is 11.6. The lowest BCUT2D eigenvalue weighted by atomic mass is 9.99. The molecule has 1 fully saturated rings. The number of hydrogen-bond donors (Lipinski definition) is 0. The van der Waals surface area contributed by atoms with Gasteiger partial charge in [0.05, 0.1) is 19.8 Å². The van der Waals surface area contributed by atoms with E-state index in [-0.39, 0.29) is 5.41 Å². The smallest absolute Gasteiger partial charge is 0.287 e. The minimum atomic E-state index is -3.21. The minimum Gasteiger partial charge on any atom is -0.287 e. The Morgan fingerprint density at radius 3 is 2.31 bits per heavy atom. The largest absolute Gasteiger partial charge is 0.474 e. The highest BCUT2D eigenvalue weighted by Crippen LogP contribution is 2.52. The topological polar surface area (TPSA) is 44.8 Å². The summed E-state index contributed by atoms with van der Waals surface area (Å²) in [4.78, 5) is 0. The third-order valence-electron chi connectivity index (χ3n) is 1.44. The zero-order chi connectivity index (χ0) is 9.95. The van der Waals surface area contributed by atoms with Crippen molar-refractivity contribution < 1.29 is 18.1 Å². The average molecular weight is 208 g/mol. The SMILES string of the molecule is CC(C)(C)COP1(=O)OCCCO1. The van der Waals surface area contributed by atoms with Gasteiger partial charge >= 0.3 is 7.82 Å². The lowest BCUT2D eigenvalue weighted by Gasteiger charge is -2.25. The number of rotatable bonds is 2. The van der Waals surface area contributed by atoms with E-state index in [0.717, 1.165) is 6.42 Å². The molecule has 0 radical (unpaired) electrons. The first kappa shape index (κ1) is 11.2. The van der Waals surface area contributed by atoms with Crippen LogP contribution in [-0.2, 0) is 18.1 Å². The second-order valence-electron chi connectivity index (χ2n) is 4.30. The molecule has 78 valence electrons. The fraction of sp³-hybridized carbons (Fsp3) is 1.00. The van der Waals surface area contributed by atoms with Crippen LogP contribution in [0.3, 0.4) is 0 Å². The van der Waals surface area contributed by atoms with Gasteiger partial charge in [-0.3, -0.25) is 13.6 Å². The molecular weight excluding hydrogens is 191 g/mol. The maximum Gasteiger partial charge on any atom is 0.474 e. The van der Waals surface area contributed by atoms with Crippen molar-refractivity contribution in [2.75, 3.05) is 19.8 Å². The molecule has 1 aliphatic rings. The maximum atomic E-state index is 11.6. The van der Waals surface area contributed by atoms with Crippen molar-refractivity contribution in [3.05, 3.63) is 0 Å². The van der Waals surface area contributed by atoms with Crippen LogP contribution in [0.25, 0.3) is 0 Å². The molecule has 0 bridgehead atoms. The summed E-state index contributed by atoms with van der Waals surface area (Å²) in [6.45, 7) is 7.31. The average Bonchev–Trinajstić information content (AvgIpc) is 2.02. The van der Waals surface area contributed by atoms with Crippen LogP contribution in [0.1, 0.15) is 27.2 Å². The Morgan fingerprint density at radius 2 is 1.85 bits per heavy atom. The Morgan fingerprint density at radius 1 is 1.31 bits per heavy atom. The zero-order valence-electron chi connectivity index (χ0n) is 8.41. The van der Waals surface area contributed by atoms with Gasteiger partial charge in [0.15, 0.2) is 0 Å². The molecule has 0 amide bonds. The molecule has 0 aliphatic carbocycles. The Bertz CT molecular complexity index is 199. The third kappa shape index (κ3) is 4.23. The standard InChI is InChI=1S/C8H17O4P/c1-8(2,3)7-12-13(9)10-5-4-6-11-13/h4-7H2,1-3H3. The van der Waals surface area contributed by atoms with Gasteiger partial charge in [0.1, 0.15) is 0 Å². The van der Waals surface area contributed by atoms with Crippen LogP contribution < -0.4 is 0 Å². The van der Waals surface area contributed by atoms with Gasteiger partial charge < -0.3 is 0 Å².